The van der Waals surface area contributed by atoms with Crippen molar-refractivity contribution in [2.24, 2.45) is 0 Å². The van der Waals surface area contributed by atoms with Crippen LogP contribution in [0.3, 0.4) is 0 Å². The molecule has 40 heavy (non-hydrogen) atoms. The van der Waals surface area contributed by atoms with Crippen LogP contribution in [0.1, 0.15) is 27.9 Å². The molecule has 0 atom stereocenters. The van der Waals surface area contributed by atoms with Crippen LogP contribution in [0.4, 0.5) is 17.2 Å². The van der Waals surface area contributed by atoms with Gasteiger partial charge in [-0.05, 0) is 84.8 Å². The zero-order valence-electron chi connectivity index (χ0n) is 22.8. The van der Waals surface area contributed by atoms with Gasteiger partial charge >= 0.3 is 0 Å². The average molecular weight is 536 g/mol. The summed E-state index contributed by atoms with van der Waals surface area (Å²) in [5.41, 5.74) is 7.42. The van der Waals surface area contributed by atoms with Crippen LogP contribution < -0.4 is 15.5 Å². The van der Waals surface area contributed by atoms with Crippen LogP contribution in [-0.4, -0.2) is 75.1 Å². The summed E-state index contributed by atoms with van der Waals surface area (Å²) in [6.07, 6.45) is 0.909. The number of rotatable bonds is 8. The molecule has 3 heterocycles. The number of carbonyl (C=O) groups is 1. The second-order valence-electron chi connectivity index (χ2n) is 10.3. The third-order valence-electron chi connectivity index (χ3n) is 7.43. The van der Waals surface area contributed by atoms with E-state index in [1.54, 1.807) is 4.52 Å². The van der Waals surface area contributed by atoms with Gasteiger partial charge in [-0.3, -0.25) is 9.69 Å². The van der Waals surface area contributed by atoms with Crippen LogP contribution in [-0.2, 0) is 0 Å². The van der Waals surface area contributed by atoms with Gasteiger partial charge in [-0.2, -0.15) is 4.52 Å². The van der Waals surface area contributed by atoms with Gasteiger partial charge in [0.05, 0.1) is 11.0 Å². The number of nitrogens with zero attached hydrogens (tertiary/aromatic N) is 7. The highest BCUT2D eigenvalue weighted by Crippen LogP contribution is 2.24. The number of tetrazole rings is 1. The van der Waals surface area contributed by atoms with Crippen molar-refractivity contribution in [3.05, 3.63) is 83.4 Å². The molecule has 1 saturated heterocycles. The minimum atomic E-state index is -0.0934. The fraction of sp³-hybridized carbons (Fsp3) is 0.300. The molecule has 0 radical (unpaired) electrons. The second-order valence-corrected chi connectivity index (χ2v) is 10.3. The molecular weight excluding hydrogens is 502 g/mol. The molecule has 2 aromatic heterocycles. The number of benzene rings is 3. The summed E-state index contributed by atoms with van der Waals surface area (Å²) in [7, 11) is 0. The maximum Gasteiger partial charge on any atom is 0.251 e. The van der Waals surface area contributed by atoms with E-state index in [0.29, 0.717) is 23.6 Å². The number of anilines is 3. The summed E-state index contributed by atoms with van der Waals surface area (Å²) in [5, 5.41) is 18.4. The van der Waals surface area contributed by atoms with Gasteiger partial charge < -0.3 is 15.5 Å². The first-order chi connectivity index (χ1) is 19.5. The fourth-order valence-electron chi connectivity index (χ4n) is 5.24. The molecule has 5 aromatic rings. The van der Waals surface area contributed by atoms with E-state index in [1.165, 1.54) is 16.8 Å². The monoisotopic (exact) mass is 535 g/mol. The number of fused-ring (bicyclic) bond motifs is 3. The lowest BCUT2D eigenvalue weighted by molar-refractivity contribution is 0.0951. The summed E-state index contributed by atoms with van der Waals surface area (Å²) in [6.45, 7) is 10.1. The maximum atomic E-state index is 12.9. The van der Waals surface area contributed by atoms with Crippen molar-refractivity contribution in [1.82, 2.24) is 35.2 Å². The van der Waals surface area contributed by atoms with Crippen LogP contribution in [0.15, 0.2) is 66.7 Å². The standard InChI is InChI=1S/C30H33N9O/c1-21-11-12-22(2)27(19-21)38-17-15-37(16-18-38)14-6-13-31-30(40)23-7-5-8-24(20-23)32-28-29-34-35-36-39(29)26-10-4-3-9-25(26)33-28/h3-5,7-12,19-20H,6,13-18H2,1-2H3,(H,31,40)(H,32,33). The SMILES string of the molecule is Cc1ccc(C)c(N2CCN(CCCNC(=O)c3cccc(Nc4nc5ccccc5n5nnnc45)c3)CC2)c1. The first kappa shape index (κ1) is 25.7. The van der Waals surface area contributed by atoms with E-state index < -0.39 is 0 Å². The predicted octanol–water partition coefficient (Wildman–Crippen LogP) is 3.98. The molecule has 0 bridgehead atoms. The molecule has 3 aromatic carbocycles. The lowest BCUT2D eigenvalue weighted by Crippen LogP contribution is -2.47. The van der Waals surface area contributed by atoms with E-state index in [9.17, 15) is 4.79 Å². The van der Waals surface area contributed by atoms with Crippen LogP contribution in [0.5, 0.6) is 0 Å². The normalized spacial score (nSPS) is 14.1. The highest BCUT2D eigenvalue weighted by molar-refractivity contribution is 5.95. The Kier molecular flexibility index (Phi) is 7.24. The van der Waals surface area contributed by atoms with Gasteiger partial charge in [-0.25, -0.2) is 4.98 Å². The van der Waals surface area contributed by atoms with Crippen molar-refractivity contribution in [3.63, 3.8) is 0 Å². The molecular formula is C30H33N9O. The highest BCUT2D eigenvalue weighted by Gasteiger charge is 2.18. The Labute approximate surface area is 233 Å². The van der Waals surface area contributed by atoms with Crippen molar-refractivity contribution in [3.8, 4) is 0 Å². The number of hydrogen-bond acceptors (Lipinski definition) is 8. The number of aromatic nitrogens is 5. The number of carbonyl (C=O) groups excluding carboxylic acids is 1. The zero-order valence-corrected chi connectivity index (χ0v) is 22.8. The Morgan fingerprint density at radius 2 is 1.80 bits per heavy atom. The number of amides is 1. The molecule has 1 fully saturated rings. The summed E-state index contributed by atoms with van der Waals surface area (Å²) in [5.74, 6) is 0.433. The Morgan fingerprint density at radius 3 is 2.67 bits per heavy atom. The molecule has 1 amide bonds. The zero-order chi connectivity index (χ0) is 27.5. The van der Waals surface area contributed by atoms with Crippen molar-refractivity contribution in [2.75, 3.05) is 49.5 Å². The highest BCUT2D eigenvalue weighted by atomic mass is 16.1. The van der Waals surface area contributed by atoms with Gasteiger partial charge in [0.25, 0.3) is 5.91 Å². The molecule has 0 spiro atoms. The quantitative estimate of drug-likeness (QED) is 0.288. The minimum Gasteiger partial charge on any atom is -0.369 e. The average Bonchev–Trinajstić information content (AvgIpc) is 3.48. The number of aryl methyl sites for hydroxylation is 2. The number of nitrogens with one attached hydrogen (secondary N) is 2. The van der Waals surface area contributed by atoms with Crippen LogP contribution in [0.2, 0.25) is 0 Å². The molecule has 2 N–H and O–H groups in total. The first-order valence-corrected chi connectivity index (χ1v) is 13.7. The van der Waals surface area contributed by atoms with Gasteiger partial charge in [-0.15, -0.1) is 5.10 Å². The smallest absolute Gasteiger partial charge is 0.251 e. The van der Waals surface area contributed by atoms with Gasteiger partial charge in [0.1, 0.15) is 0 Å². The van der Waals surface area contributed by atoms with E-state index in [2.05, 4.69) is 68.0 Å². The lowest BCUT2D eigenvalue weighted by atomic mass is 10.1. The first-order valence-electron chi connectivity index (χ1n) is 13.7. The van der Waals surface area contributed by atoms with Crippen molar-refractivity contribution < 1.29 is 4.79 Å². The predicted molar refractivity (Wildman–Crippen MR) is 157 cm³/mol. The molecule has 1 aliphatic heterocycles. The van der Waals surface area contributed by atoms with E-state index in [1.807, 2.05) is 48.5 Å². The number of hydrogen-bond donors (Lipinski definition) is 2. The van der Waals surface area contributed by atoms with E-state index in [0.717, 1.165) is 55.9 Å². The molecule has 1 aliphatic rings. The number of para-hydroxylation sites is 2. The largest absolute Gasteiger partial charge is 0.369 e. The lowest BCUT2D eigenvalue weighted by Gasteiger charge is -2.37. The molecule has 6 rings (SSSR count). The Hall–Kier alpha value is -4.57. The molecule has 0 aliphatic carbocycles. The summed E-state index contributed by atoms with van der Waals surface area (Å²) in [6, 6.07) is 21.7. The van der Waals surface area contributed by atoms with Crippen LogP contribution in [0.25, 0.3) is 16.7 Å². The Balaban J connectivity index is 1.01. The molecule has 0 saturated carbocycles. The van der Waals surface area contributed by atoms with Crippen molar-refractivity contribution in [2.45, 2.75) is 20.3 Å². The number of piperazine rings is 1. The molecule has 10 nitrogen and oxygen atoms in total. The Bertz CT molecular complexity index is 1660. The third-order valence-corrected chi connectivity index (χ3v) is 7.43. The Morgan fingerprint density at radius 1 is 0.950 bits per heavy atom. The maximum absolute atomic E-state index is 12.9. The minimum absolute atomic E-state index is 0.0934. The van der Waals surface area contributed by atoms with E-state index in [4.69, 9.17) is 4.98 Å². The fourth-order valence-corrected chi connectivity index (χ4v) is 5.24. The van der Waals surface area contributed by atoms with E-state index >= 15 is 0 Å². The summed E-state index contributed by atoms with van der Waals surface area (Å²) >= 11 is 0. The topological polar surface area (TPSA) is 104 Å². The van der Waals surface area contributed by atoms with Crippen molar-refractivity contribution in [1.29, 1.82) is 0 Å². The summed E-state index contributed by atoms with van der Waals surface area (Å²) in [4.78, 5) is 22.6. The van der Waals surface area contributed by atoms with Gasteiger partial charge in [0.2, 0.25) is 5.65 Å². The third kappa shape index (κ3) is 5.43. The molecule has 10 heteroatoms. The van der Waals surface area contributed by atoms with Crippen LogP contribution >= 0.6 is 0 Å². The van der Waals surface area contributed by atoms with Gasteiger partial charge in [0.15, 0.2) is 5.82 Å². The van der Waals surface area contributed by atoms with Crippen LogP contribution in [0, 0.1) is 13.8 Å². The van der Waals surface area contributed by atoms with Gasteiger partial charge in [0, 0.05) is 49.7 Å². The van der Waals surface area contributed by atoms with Crippen molar-refractivity contribution >= 4 is 39.8 Å². The second kappa shape index (κ2) is 11.3. The van der Waals surface area contributed by atoms with E-state index in [-0.39, 0.29) is 5.91 Å². The van der Waals surface area contributed by atoms with Gasteiger partial charge in [-0.1, -0.05) is 30.3 Å². The summed E-state index contributed by atoms with van der Waals surface area (Å²) < 4.78 is 1.66. The molecule has 204 valence electrons. The molecule has 0 unspecified atom stereocenters.